The number of carboxylic acid groups (broad SMARTS) is 1. The van der Waals surface area contributed by atoms with Crippen molar-refractivity contribution in [3.63, 3.8) is 0 Å². The van der Waals surface area contributed by atoms with Crippen molar-refractivity contribution in [3.05, 3.63) is 34.6 Å². The highest BCUT2D eigenvalue weighted by Crippen LogP contribution is 2.50. The third-order valence-corrected chi connectivity index (χ3v) is 5.97. The number of carbonyl (C=O) groups is 2. The third-order valence-electron chi connectivity index (χ3n) is 5.65. The molecule has 1 aromatic carbocycles. The van der Waals surface area contributed by atoms with Crippen LogP contribution in [-0.2, 0) is 10.2 Å². The Hall–Kier alpha value is -1.86. The molecule has 0 radical (unpaired) electrons. The van der Waals surface area contributed by atoms with E-state index in [0.29, 0.717) is 18.1 Å². The van der Waals surface area contributed by atoms with Gasteiger partial charge in [0.25, 0.3) is 0 Å². The molecular formula is C19H25ClFN3O3. The van der Waals surface area contributed by atoms with Gasteiger partial charge in [-0.05, 0) is 49.9 Å². The second kappa shape index (κ2) is 8.02. The monoisotopic (exact) mass is 397 g/mol. The lowest BCUT2D eigenvalue weighted by atomic mass is 9.85. The first kappa shape index (κ1) is 19.9. The topological polar surface area (TPSA) is 81.7 Å². The molecule has 0 aromatic heterocycles. The summed E-state index contributed by atoms with van der Waals surface area (Å²) in [7, 11) is 0. The molecule has 0 saturated heterocycles. The van der Waals surface area contributed by atoms with Gasteiger partial charge in [-0.25, -0.2) is 9.18 Å². The van der Waals surface area contributed by atoms with Gasteiger partial charge in [-0.2, -0.15) is 0 Å². The molecule has 0 unspecified atom stereocenters. The molecule has 2 amide bonds. The Morgan fingerprint density at radius 1 is 1.37 bits per heavy atom. The Bertz CT molecular complexity index is 720. The summed E-state index contributed by atoms with van der Waals surface area (Å²) in [6.45, 7) is 3.10. The minimum Gasteiger partial charge on any atom is -0.480 e. The van der Waals surface area contributed by atoms with E-state index in [4.69, 9.17) is 16.7 Å². The van der Waals surface area contributed by atoms with E-state index in [9.17, 15) is 14.0 Å². The lowest BCUT2D eigenvalue weighted by Crippen LogP contribution is -2.56. The van der Waals surface area contributed by atoms with Crippen LogP contribution in [0.25, 0.3) is 0 Å². The van der Waals surface area contributed by atoms with Crippen LogP contribution < -0.4 is 10.6 Å². The van der Waals surface area contributed by atoms with Crippen LogP contribution in [0.3, 0.4) is 0 Å². The second-order valence-corrected chi connectivity index (χ2v) is 7.92. The van der Waals surface area contributed by atoms with Gasteiger partial charge < -0.3 is 15.7 Å². The average molecular weight is 398 g/mol. The zero-order chi connectivity index (χ0) is 19.6. The number of carboxylic acids is 1. The summed E-state index contributed by atoms with van der Waals surface area (Å²) in [5.41, 5.74) is 0.673. The molecule has 1 aromatic rings. The van der Waals surface area contributed by atoms with Crippen LogP contribution in [0.4, 0.5) is 9.18 Å². The SMILES string of the molecule is CCN(CC(=O)O)C1CC(NC(=O)NCC2(c3ccc(F)cc3Cl)CC2)C1. The average Bonchev–Trinajstić information content (AvgIpc) is 3.34. The van der Waals surface area contributed by atoms with E-state index >= 15 is 0 Å². The van der Waals surface area contributed by atoms with Gasteiger partial charge in [0.1, 0.15) is 5.82 Å². The Labute approximate surface area is 163 Å². The smallest absolute Gasteiger partial charge is 0.317 e. The number of halogens is 2. The zero-order valence-electron chi connectivity index (χ0n) is 15.3. The van der Waals surface area contributed by atoms with Gasteiger partial charge in [0.15, 0.2) is 0 Å². The highest BCUT2D eigenvalue weighted by Gasteiger charge is 2.46. The van der Waals surface area contributed by atoms with Crippen molar-refractivity contribution >= 4 is 23.6 Å². The van der Waals surface area contributed by atoms with E-state index in [0.717, 1.165) is 31.2 Å². The van der Waals surface area contributed by atoms with Gasteiger partial charge in [0.2, 0.25) is 0 Å². The summed E-state index contributed by atoms with van der Waals surface area (Å²) >= 11 is 6.17. The van der Waals surface area contributed by atoms with E-state index < -0.39 is 5.97 Å². The molecule has 8 heteroatoms. The molecule has 2 saturated carbocycles. The zero-order valence-corrected chi connectivity index (χ0v) is 16.1. The summed E-state index contributed by atoms with van der Waals surface area (Å²) in [6.07, 6.45) is 3.32. The van der Waals surface area contributed by atoms with Crippen molar-refractivity contribution in [3.8, 4) is 0 Å². The third kappa shape index (κ3) is 4.71. The minimum absolute atomic E-state index is 0.0288. The number of nitrogens with one attached hydrogen (secondary N) is 2. The molecule has 6 nitrogen and oxygen atoms in total. The maximum atomic E-state index is 13.2. The molecule has 3 N–H and O–H groups in total. The lowest BCUT2D eigenvalue weighted by molar-refractivity contribution is -0.139. The minimum atomic E-state index is -0.833. The normalized spacial score (nSPS) is 22.8. The van der Waals surface area contributed by atoms with Gasteiger partial charge >= 0.3 is 12.0 Å². The summed E-state index contributed by atoms with van der Waals surface area (Å²) in [6, 6.07) is 4.42. The van der Waals surface area contributed by atoms with Crippen molar-refractivity contribution < 1.29 is 19.1 Å². The van der Waals surface area contributed by atoms with Crippen LogP contribution in [0.1, 0.15) is 38.2 Å². The van der Waals surface area contributed by atoms with Gasteiger partial charge in [-0.1, -0.05) is 24.6 Å². The highest BCUT2D eigenvalue weighted by molar-refractivity contribution is 6.31. The number of likely N-dealkylation sites (N-methyl/N-ethyl adjacent to an activating group) is 1. The molecule has 3 rings (SSSR count). The highest BCUT2D eigenvalue weighted by atomic mass is 35.5. The largest absolute Gasteiger partial charge is 0.480 e. The molecule has 0 bridgehead atoms. The Morgan fingerprint density at radius 2 is 2.07 bits per heavy atom. The fourth-order valence-electron chi connectivity index (χ4n) is 3.77. The van der Waals surface area contributed by atoms with Crippen LogP contribution in [0.5, 0.6) is 0 Å². The Morgan fingerprint density at radius 3 is 2.63 bits per heavy atom. The van der Waals surface area contributed by atoms with Crippen molar-refractivity contribution in [2.45, 2.75) is 50.1 Å². The van der Waals surface area contributed by atoms with E-state index in [1.165, 1.54) is 12.1 Å². The van der Waals surface area contributed by atoms with Crippen LogP contribution in [0.2, 0.25) is 5.02 Å². The second-order valence-electron chi connectivity index (χ2n) is 7.51. The van der Waals surface area contributed by atoms with Crippen molar-refractivity contribution in [1.82, 2.24) is 15.5 Å². The van der Waals surface area contributed by atoms with Crippen molar-refractivity contribution in [2.75, 3.05) is 19.6 Å². The summed E-state index contributed by atoms with van der Waals surface area (Å²) in [5.74, 6) is -1.20. The van der Waals surface area contributed by atoms with E-state index in [-0.39, 0.29) is 35.9 Å². The molecule has 148 valence electrons. The van der Waals surface area contributed by atoms with Crippen LogP contribution in [-0.4, -0.2) is 53.7 Å². The predicted octanol–water partition coefficient (Wildman–Crippen LogP) is 2.75. The molecule has 2 aliphatic carbocycles. The standard InChI is InChI=1S/C19H25ClFN3O3/c1-2-24(10-17(25)26)14-8-13(9-14)23-18(27)22-11-19(5-6-19)15-4-3-12(21)7-16(15)20/h3-4,7,13-14H,2,5-6,8-11H2,1H3,(H,25,26)(H2,22,23,27). The maximum absolute atomic E-state index is 13.2. The van der Waals surface area contributed by atoms with Gasteiger partial charge in [0, 0.05) is 29.1 Å². The summed E-state index contributed by atoms with van der Waals surface area (Å²) in [5, 5.41) is 15.2. The van der Waals surface area contributed by atoms with Crippen LogP contribution >= 0.6 is 11.6 Å². The van der Waals surface area contributed by atoms with Gasteiger partial charge in [-0.15, -0.1) is 0 Å². The molecule has 0 spiro atoms. The number of carbonyl (C=O) groups excluding carboxylic acids is 1. The quantitative estimate of drug-likeness (QED) is 0.630. The van der Waals surface area contributed by atoms with E-state index in [1.807, 2.05) is 11.8 Å². The van der Waals surface area contributed by atoms with Crippen LogP contribution in [0, 0.1) is 5.82 Å². The summed E-state index contributed by atoms with van der Waals surface area (Å²) < 4.78 is 13.2. The van der Waals surface area contributed by atoms with Crippen molar-refractivity contribution in [2.24, 2.45) is 0 Å². The molecule has 0 atom stereocenters. The number of amides is 2. The first-order valence-electron chi connectivity index (χ1n) is 9.29. The maximum Gasteiger partial charge on any atom is 0.317 e. The van der Waals surface area contributed by atoms with Crippen molar-refractivity contribution in [1.29, 1.82) is 0 Å². The molecule has 0 heterocycles. The van der Waals surface area contributed by atoms with E-state index in [1.54, 1.807) is 6.07 Å². The van der Waals surface area contributed by atoms with Gasteiger partial charge in [0.05, 0.1) is 6.54 Å². The number of hydrogen-bond donors (Lipinski definition) is 3. The number of urea groups is 1. The number of nitrogens with zero attached hydrogens (tertiary/aromatic N) is 1. The van der Waals surface area contributed by atoms with E-state index in [2.05, 4.69) is 10.6 Å². The number of rotatable bonds is 8. The Balaban J connectivity index is 1.44. The molecule has 2 fully saturated rings. The Kier molecular flexibility index (Phi) is 5.91. The molecule has 27 heavy (non-hydrogen) atoms. The lowest BCUT2D eigenvalue weighted by Gasteiger charge is -2.42. The summed E-state index contributed by atoms with van der Waals surface area (Å²) in [4.78, 5) is 25.0. The fourth-order valence-corrected chi connectivity index (χ4v) is 4.14. The number of benzene rings is 1. The number of hydrogen-bond acceptors (Lipinski definition) is 3. The molecule has 2 aliphatic rings. The first-order valence-corrected chi connectivity index (χ1v) is 9.66. The molecular weight excluding hydrogens is 373 g/mol. The first-order chi connectivity index (χ1) is 12.8. The molecule has 0 aliphatic heterocycles. The van der Waals surface area contributed by atoms with Gasteiger partial charge in [-0.3, -0.25) is 9.69 Å². The van der Waals surface area contributed by atoms with Crippen LogP contribution in [0.15, 0.2) is 18.2 Å². The number of aliphatic carboxylic acids is 1. The fraction of sp³-hybridized carbons (Fsp3) is 0.579. The predicted molar refractivity (Wildman–Crippen MR) is 101 cm³/mol.